The molecule has 2 aromatic rings. The van der Waals surface area contributed by atoms with Gasteiger partial charge in [-0.1, -0.05) is 0 Å². The van der Waals surface area contributed by atoms with E-state index in [1.807, 2.05) is 0 Å². The molecule has 8 heteroatoms. The van der Waals surface area contributed by atoms with Crippen LogP contribution < -0.4 is 0 Å². The van der Waals surface area contributed by atoms with E-state index in [0.29, 0.717) is 14.6 Å². The first-order chi connectivity index (χ1) is 7.91. The second-order valence-corrected chi connectivity index (χ2v) is 5.79. The molecule has 4 nitrogen and oxygen atoms in total. The van der Waals surface area contributed by atoms with Gasteiger partial charge in [-0.2, -0.15) is 17.6 Å². The Balaban J connectivity index is 2.60. The van der Waals surface area contributed by atoms with Gasteiger partial charge in [0.15, 0.2) is 0 Å². The summed E-state index contributed by atoms with van der Waals surface area (Å²) in [4.78, 5) is -0.630. The van der Waals surface area contributed by atoms with Crippen molar-refractivity contribution in [2.75, 3.05) is 0 Å². The van der Waals surface area contributed by atoms with Crippen LogP contribution in [0.3, 0.4) is 0 Å². The number of benzene rings is 1. The summed E-state index contributed by atoms with van der Waals surface area (Å²) in [6.45, 7) is 0. The molecule has 0 spiro atoms. The average molecular weight is 323 g/mol. The summed E-state index contributed by atoms with van der Waals surface area (Å²) in [5.74, 6) is -2.00. The molecule has 0 aliphatic heterocycles. The molecule has 17 heavy (non-hydrogen) atoms. The van der Waals surface area contributed by atoms with Crippen molar-refractivity contribution in [3.8, 4) is 0 Å². The van der Waals surface area contributed by atoms with E-state index < -0.39 is 26.6 Å². The third-order valence-corrected chi connectivity index (χ3v) is 3.94. The number of hydrogen-bond donors (Lipinski definition) is 0. The van der Waals surface area contributed by atoms with Crippen LogP contribution in [0.2, 0.25) is 0 Å². The fourth-order valence-corrected chi connectivity index (χ4v) is 2.79. The highest BCUT2D eigenvalue weighted by Crippen LogP contribution is 2.19. The number of nitrogens with zero attached hydrogens (tertiary/aromatic N) is 2. The van der Waals surface area contributed by atoms with Crippen LogP contribution in [0.15, 0.2) is 40.0 Å². The summed E-state index contributed by atoms with van der Waals surface area (Å²) in [7, 11) is -4.13. The molecule has 0 radical (unpaired) electrons. The summed E-state index contributed by atoms with van der Waals surface area (Å²) >= 11 is 3.03. The summed E-state index contributed by atoms with van der Waals surface area (Å²) in [6.07, 6.45) is 2.41. The third kappa shape index (κ3) is 2.22. The summed E-state index contributed by atoms with van der Waals surface area (Å²) < 4.78 is 50.9. The second-order valence-electron chi connectivity index (χ2n) is 3.11. The van der Waals surface area contributed by atoms with Gasteiger partial charge in [0.25, 0.3) is 10.0 Å². The van der Waals surface area contributed by atoms with Crippen molar-refractivity contribution in [1.82, 2.24) is 9.19 Å². The van der Waals surface area contributed by atoms with E-state index >= 15 is 0 Å². The molecule has 0 saturated carbocycles. The van der Waals surface area contributed by atoms with Crippen LogP contribution in [0.1, 0.15) is 0 Å². The Labute approximate surface area is 104 Å². The van der Waals surface area contributed by atoms with E-state index in [1.54, 1.807) is 0 Å². The lowest BCUT2D eigenvalue weighted by molar-refractivity contribution is 0.542. The Morgan fingerprint density at radius 2 is 2.00 bits per heavy atom. The molecule has 2 rings (SSSR count). The highest BCUT2D eigenvalue weighted by Gasteiger charge is 2.22. The van der Waals surface area contributed by atoms with E-state index in [-0.39, 0.29) is 0 Å². The van der Waals surface area contributed by atoms with Crippen LogP contribution in [0.25, 0.3) is 0 Å². The average Bonchev–Trinajstić information content (AvgIpc) is 2.64. The molecule has 1 aromatic carbocycles. The molecule has 0 aliphatic rings. The van der Waals surface area contributed by atoms with Crippen molar-refractivity contribution in [2.45, 2.75) is 4.90 Å². The smallest absolute Gasteiger partial charge is 0.207 e. The predicted octanol–water partition coefficient (Wildman–Crippen LogP) is 2.16. The van der Waals surface area contributed by atoms with Crippen molar-refractivity contribution in [3.63, 3.8) is 0 Å². The molecular formula is C9H5BrF2N2O2S. The first-order valence-electron chi connectivity index (χ1n) is 4.32. The molecule has 90 valence electrons. The van der Waals surface area contributed by atoms with Crippen molar-refractivity contribution in [2.24, 2.45) is 0 Å². The lowest BCUT2D eigenvalue weighted by Gasteiger charge is -2.04. The summed E-state index contributed by atoms with van der Waals surface area (Å²) in [5, 5.41) is 3.55. The van der Waals surface area contributed by atoms with E-state index in [2.05, 4.69) is 21.0 Å². The van der Waals surface area contributed by atoms with Gasteiger partial charge in [-0.25, -0.2) is 8.78 Å². The van der Waals surface area contributed by atoms with Crippen molar-refractivity contribution in [1.29, 1.82) is 0 Å². The maximum atomic E-state index is 13.4. The highest BCUT2D eigenvalue weighted by atomic mass is 79.9. The predicted molar refractivity (Wildman–Crippen MR) is 58.9 cm³/mol. The second kappa shape index (κ2) is 4.19. The third-order valence-electron chi connectivity index (χ3n) is 1.95. The fourth-order valence-electron chi connectivity index (χ4n) is 1.20. The van der Waals surface area contributed by atoms with Crippen molar-refractivity contribution in [3.05, 3.63) is 46.7 Å². The zero-order valence-electron chi connectivity index (χ0n) is 8.14. The number of rotatable bonds is 2. The monoisotopic (exact) mass is 322 g/mol. The van der Waals surface area contributed by atoms with Gasteiger partial charge in [0.05, 0.1) is 16.9 Å². The lowest BCUT2D eigenvalue weighted by atomic mass is 10.3. The van der Waals surface area contributed by atoms with Crippen LogP contribution in [0.5, 0.6) is 0 Å². The van der Waals surface area contributed by atoms with Gasteiger partial charge >= 0.3 is 0 Å². The Kier molecular flexibility index (Phi) is 3.00. The van der Waals surface area contributed by atoms with Gasteiger partial charge in [-0.3, -0.25) is 0 Å². The fraction of sp³-hybridized carbons (Fsp3) is 0. The van der Waals surface area contributed by atoms with Crippen molar-refractivity contribution >= 4 is 26.0 Å². The zero-order chi connectivity index (χ0) is 12.6. The number of aromatic nitrogens is 2. The normalized spacial score (nSPS) is 11.7. The van der Waals surface area contributed by atoms with E-state index in [4.69, 9.17) is 0 Å². The minimum Gasteiger partial charge on any atom is -0.207 e. The van der Waals surface area contributed by atoms with Gasteiger partial charge in [0, 0.05) is 6.07 Å². The molecule has 1 aromatic heterocycles. The topological polar surface area (TPSA) is 52.0 Å². The largest absolute Gasteiger partial charge is 0.285 e. The van der Waals surface area contributed by atoms with E-state index in [1.165, 1.54) is 6.20 Å². The molecule has 0 unspecified atom stereocenters. The number of halogens is 3. The molecule has 0 atom stereocenters. The van der Waals surface area contributed by atoms with E-state index in [0.717, 1.165) is 18.3 Å². The van der Waals surface area contributed by atoms with Gasteiger partial charge in [-0.15, -0.1) is 0 Å². The van der Waals surface area contributed by atoms with Gasteiger partial charge in [0.2, 0.25) is 0 Å². The molecule has 1 heterocycles. The molecule has 0 saturated heterocycles. The minimum absolute atomic E-state index is 0.434. The van der Waals surface area contributed by atoms with Crippen LogP contribution in [0, 0.1) is 11.6 Å². The number of hydrogen-bond acceptors (Lipinski definition) is 3. The Bertz CT molecular complexity index is 669. The summed E-state index contributed by atoms with van der Waals surface area (Å²) in [5.41, 5.74) is 0. The van der Waals surface area contributed by atoms with Gasteiger partial charge in [-0.05, 0) is 28.1 Å². The molecule has 0 amide bonds. The maximum absolute atomic E-state index is 13.4. The Hall–Kier alpha value is -1.28. The standard InChI is InChI=1S/C9H5BrF2N2O2S/c10-6-4-13-14(5-6)17(15,16)9-2-1-7(11)3-8(9)12/h1-5H. The molecule has 0 fully saturated rings. The van der Waals surface area contributed by atoms with Crippen LogP contribution in [0.4, 0.5) is 8.78 Å². The molecule has 0 N–H and O–H groups in total. The van der Waals surface area contributed by atoms with Crippen LogP contribution in [-0.2, 0) is 10.0 Å². The molecule has 0 bridgehead atoms. The lowest BCUT2D eigenvalue weighted by Crippen LogP contribution is -2.15. The Morgan fingerprint density at radius 1 is 1.29 bits per heavy atom. The molecular weight excluding hydrogens is 318 g/mol. The zero-order valence-corrected chi connectivity index (χ0v) is 10.5. The van der Waals surface area contributed by atoms with Crippen LogP contribution in [-0.4, -0.2) is 17.6 Å². The quantitative estimate of drug-likeness (QED) is 0.851. The SMILES string of the molecule is O=S(=O)(c1ccc(F)cc1F)n1cc(Br)cn1. The Morgan fingerprint density at radius 3 is 2.53 bits per heavy atom. The van der Waals surface area contributed by atoms with Gasteiger partial charge in [0.1, 0.15) is 16.5 Å². The van der Waals surface area contributed by atoms with Crippen LogP contribution >= 0.6 is 15.9 Å². The summed E-state index contributed by atoms with van der Waals surface area (Å²) in [6, 6.07) is 2.23. The minimum atomic E-state index is -4.13. The first-order valence-corrected chi connectivity index (χ1v) is 6.55. The first kappa shape index (κ1) is 12.2. The van der Waals surface area contributed by atoms with E-state index in [9.17, 15) is 17.2 Å². The van der Waals surface area contributed by atoms with Crippen molar-refractivity contribution < 1.29 is 17.2 Å². The molecule has 0 aliphatic carbocycles. The highest BCUT2D eigenvalue weighted by molar-refractivity contribution is 9.10. The maximum Gasteiger partial charge on any atom is 0.285 e. The van der Waals surface area contributed by atoms with Gasteiger partial charge < -0.3 is 0 Å².